The molecule has 0 saturated carbocycles. The van der Waals surface area contributed by atoms with Gasteiger partial charge in [0.05, 0.1) is 17.0 Å². The first-order chi connectivity index (χ1) is 10.4. The number of ketones is 1. The Morgan fingerprint density at radius 2 is 1.82 bits per heavy atom. The van der Waals surface area contributed by atoms with Gasteiger partial charge in [-0.25, -0.2) is 0 Å². The van der Waals surface area contributed by atoms with Crippen LogP contribution in [0.2, 0.25) is 10.0 Å². The van der Waals surface area contributed by atoms with Crippen molar-refractivity contribution in [2.45, 2.75) is 26.4 Å². The van der Waals surface area contributed by atoms with E-state index >= 15 is 0 Å². The van der Waals surface area contributed by atoms with Crippen LogP contribution in [0.5, 0.6) is 0 Å². The van der Waals surface area contributed by atoms with Gasteiger partial charge in [0.15, 0.2) is 0 Å². The van der Waals surface area contributed by atoms with Crippen molar-refractivity contribution in [3.8, 4) is 0 Å². The van der Waals surface area contributed by atoms with Gasteiger partial charge >= 0.3 is 0 Å². The van der Waals surface area contributed by atoms with E-state index in [1.54, 1.807) is 0 Å². The Morgan fingerprint density at radius 3 is 2.36 bits per heavy atom. The maximum absolute atomic E-state index is 12.9. The zero-order valence-electron chi connectivity index (χ0n) is 12.9. The second-order valence-corrected chi connectivity index (χ2v) is 8.22. The number of hydrogen-bond acceptors (Lipinski definition) is 3. The van der Waals surface area contributed by atoms with Crippen molar-refractivity contribution in [2.24, 2.45) is 10.8 Å². The molecule has 118 valence electrons. The molecule has 4 fully saturated rings. The minimum Gasteiger partial charge on any atom is -0.298 e. The van der Waals surface area contributed by atoms with Crippen LogP contribution in [0.1, 0.15) is 32.0 Å². The van der Waals surface area contributed by atoms with Crippen molar-refractivity contribution in [1.82, 2.24) is 9.80 Å². The van der Waals surface area contributed by atoms with Crippen LogP contribution < -0.4 is 0 Å². The molecule has 1 aromatic carbocycles. The second kappa shape index (κ2) is 4.70. The Kier molecular flexibility index (Phi) is 3.19. The van der Waals surface area contributed by atoms with Gasteiger partial charge in [0.2, 0.25) is 0 Å². The first-order valence-corrected chi connectivity index (χ1v) is 8.62. The number of carbonyl (C=O) groups is 1. The summed E-state index contributed by atoms with van der Waals surface area (Å²) in [7, 11) is 0. The van der Waals surface area contributed by atoms with Gasteiger partial charge < -0.3 is 0 Å². The number of carbonyl (C=O) groups excluding carboxylic acids is 1. The Labute approximate surface area is 141 Å². The number of rotatable bonds is 2. The minimum atomic E-state index is -0.234. The van der Waals surface area contributed by atoms with Gasteiger partial charge in [0, 0.05) is 41.8 Å². The molecule has 0 N–H and O–H groups in total. The van der Waals surface area contributed by atoms with Crippen molar-refractivity contribution >= 4 is 29.0 Å². The van der Waals surface area contributed by atoms with Crippen LogP contribution in [0.3, 0.4) is 0 Å². The highest BCUT2D eigenvalue weighted by atomic mass is 35.5. The fraction of sp³-hybridized carbons (Fsp3) is 0.588. The van der Waals surface area contributed by atoms with E-state index in [1.165, 1.54) is 0 Å². The van der Waals surface area contributed by atoms with Gasteiger partial charge in [-0.1, -0.05) is 43.1 Å². The van der Waals surface area contributed by atoms with Crippen molar-refractivity contribution in [2.75, 3.05) is 26.2 Å². The highest BCUT2D eigenvalue weighted by molar-refractivity contribution is 6.35. The van der Waals surface area contributed by atoms with Crippen LogP contribution in [-0.4, -0.2) is 41.8 Å². The topological polar surface area (TPSA) is 23.6 Å². The van der Waals surface area contributed by atoms with E-state index in [4.69, 9.17) is 23.2 Å². The molecule has 0 aliphatic carbocycles. The molecule has 0 aromatic heterocycles. The molecule has 0 amide bonds. The van der Waals surface area contributed by atoms with Gasteiger partial charge in [0.25, 0.3) is 0 Å². The molecule has 0 spiro atoms. The molecule has 3 nitrogen and oxygen atoms in total. The molecule has 5 heteroatoms. The largest absolute Gasteiger partial charge is 0.298 e. The van der Waals surface area contributed by atoms with Crippen LogP contribution in [0.4, 0.5) is 0 Å². The summed E-state index contributed by atoms with van der Waals surface area (Å²) in [4.78, 5) is 17.8. The first-order valence-electron chi connectivity index (χ1n) is 7.86. The molecular formula is C17H20Cl2N2O. The average Bonchev–Trinajstić information content (AvgIpc) is 2.45. The average molecular weight is 339 g/mol. The highest BCUT2D eigenvalue weighted by Crippen LogP contribution is 2.54. The molecule has 4 bridgehead atoms. The van der Waals surface area contributed by atoms with Crippen molar-refractivity contribution in [1.29, 1.82) is 0 Å². The quantitative estimate of drug-likeness (QED) is 0.822. The Balaban J connectivity index is 1.77. The van der Waals surface area contributed by atoms with Crippen LogP contribution in [-0.2, 0) is 4.79 Å². The van der Waals surface area contributed by atoms with Gasteiger partial charge in [-0.15, -0.1) is 0 Å². The van der Waals surface area contributed by atoms with Crippen molar-refractivity contribution < 1.29 is 4.79 Å². The van der Waals surface area contributed by atoms with E-state index in [2.05, 4.69) is 23.6 Å². The lowest BCUT2D eigenvalue weighted by Gasteiger charge is -2.65. The lowest BCUT2D eigenvalue weighted by Crippen LogP contribution is -2.76. The second-order valence-electron chi connectivity index (χ2n) is 7.37. The molecule has 22 heavy (non-hydrogen) atoms. The third kappa shape index (κ3) is 1.86. The summed E-state index contributed by atoms with van der Waals surface area (Å²) >= 11 is 12.5. The van der Waals surface area contributed by atoms with Gasteiger partial charge in [-0.2, -0.15) is 0 Å². The van der Waals surface area contributed by atoms with E-state index in [-0.39, 0.29) is 17.0 Å². The Morgan fingerprint density at radius 1 is 1.18 bits per heavy atom. The fourth-order valence-corrected chi connectivity index (χ4v) is 5.38. The van der Waals surface area contributed by atoms with Crippen LogP contribution >= 0.6 is 23.2 Å². The normalized spacial score (nSPS) is 42.9. The predicted octanol–water partition coefficient (Wildman–Crippen LogP) is 3.61. The standard InChI is InChI=1S/C17H20Cl2N2O/c1-3-17-9-20-7-16(2,15(17)22)8-21(10-17)14(20)12-5-4-11(18)6-13(12)19/h4-6,14H,3,7-10H2,1-2H3. The lowest BCUT2D eigenvalue weighted by atomic mass is 9.60. The number of hydrogen-bond donors (Lipinski definition) is 0. The number of nitrogens with zero attached hydrogens (tertiary/aromatic N) is 2. The Bertz CT molecular complexity index is 644. The highest BCUT2D eigenvalue weighted by Gasteiger charge is 2.63. The maximum Gasteiger partial charge on any atom is 0.150 e. The van der Waals surface area contributed by atoms with E-state index in [0.717, 1.165) is 38.2 Å². The zero-order chi connectivity index (χ0) is 15.7. The lowest BCUT2D eigenvalue weighted by molar-refractivity contribution is -0.200. The summed E-state index contributed by atoms with van der Waals surface area (Å²) < 4.78 is 0. The number of piperidine rings is 2. The first kappa shape index (κ1) is 14.9. The molecule has 0 radical (unpaired) electrons. The van der Waals surface area contributed by atoms with E-state index < -0.39 is 0 Å². The zero-order valence-corrected chi connectivity index (χ0v) is 14.4. The minimum absolute atomic E-state index is 0.172. The molecule has 4 aliphatic heterocycles. The molecule has 2 unspecified atom stereocenters. The Hall–Kier alpha value is -0.610. The summed E-state index contributed by atoms with van der Waals surface area (Å²) in [6, 6.07) is 5.74. The summed E-state index contributed by atoms with van der Waals surface area (Å²) in [5.74, 6) is 0.468. The summed E-state index contributed by atoms with van der Waals surface area (Å²) in [6.07, 6.45) is 1.08. The monoisotopic (exact) mass is 338 g/mol. The molecule has 2 atom stereocenters. The summed E-state index contributed by atoms with van der Waals surface area (Å²) in [6.45, 7) is 7.61. The van der Waals surface area contributed by atoms with E-state index in [0.29, 0.717) is 15.8 Å². The summed E-state index contributed by atoms with van der Waals surface area (Å²) in [5.41, 5.74) is 0.676. The van der Waals surface area contributed by atoms with Gasteiger partial charge in [-0.3, -0.25) is 14.6 Å². The van der Waals surface area contributed by atoms with Crippen LogP contribution in [0.25, 0.3) is 0 Å². The number of halogens is 2. The third-order valence-corrected chi connectivity index (χ3v) is 6.32. The molecule has 4 heterocycles. The molecular weight excluding hydrogens is 319 g/mol. The van der Waals surface area contributed by atoms with Gasteiger partial charge in [0.1, 0.15) is 5.78 Å². The van der Waals surface area contributed by atoms with E-state index in [9.17, 15) is 4.79 Å². The number of Topliss-reactive ketones (excluding diaryl/α,β-unsaturated/α-hetero) is 1. The maximum atomic E-state index is 12.9. The smallest absolute Gasteiger partial charge is 0.150 e. The summed E-state index contributed by atoms with van der Waals surface area (Å²) in [5, 5.41) is 1.38. The van der Waals surface area contributed by atoms with E-state index in [1.807, 2.05) is 18.2 Å². The third-order valence-electron chi connectivity index (χ3n) is 5.75. The SMILES string of the molecule is CCC12CN3CC(C)(CN(C1)C3c1ccc(Cl)cc1Cl)C2=O. The van der Waals surface area contributed by atoms with Crippen molar-refractivity contribution in [3.63, 3.8) is 0 Å². The molecule has 5 rings (SSSR count). The van der Waals surface area contributed by atoms with Crippen LogP contribution in [0, 0.1) is 10.8 Å². The molecule has 4 aliphatic rings. The van der Waals surface area contributed by atoms with Crippen molar-refractivity contribution in [3.05, 3.63) is 33.8 Å². The number of benzene rings is 1. The predicted molar refractivity (Wildman–Crippen MR) is 88.2 cm³/mol. The fourth-order valence-electron chi connectivity index (χ4n) is 4.88. The molecule has 1 aromatic rings. The van der Waals surface area contributed by atoms with Gasteiger partial charge in [-0.05, 0) is 18.6 Å². The van der Waals surface area contributed by atoms with Crippen LogP contribution in [0.15, 0.2) is 18.2 Å². The molecule has 4 saturated heterocycles.